The fourth-order valence-electron chi connectivity index (χ4n) is 4.48. The number of likely N-dealkylation sites (N-methyl/N-ethyl adjacent to an activating group) is 1. The fraction of sp³-hybridized carbons (Fsp3) is 0.259. The van der Waals surface area contributed by atoms with Crippen LogP contribution in [0, 0.1) is 0 Å². The normalized spacial score (nSPS) is 17.5. The molecule has 0 saturated heterocycles. The third kappa shape index (κ3) is 4.11. The van der Waals surface area contributed by atoms with Crippen LogP contribution in [-0.4, -0.2) is 25.8 Å². The van der Waals surface area contributed by atoms with Gasteiger partial charge in [0.2, 0.25) is 0 Å². The van der Waals surface area contributed by atoms with Gasteiger partial charge in [-0.1, -0.05) is 72.7 Å². The number of rotatable bonds is 7. The van der Waals surface area contributed by atoms with Crippen molar-refractivity contribution in [3.05, 3.63) is 101 Å². The van der Waals surface area contributed by atoms with Crippen molar-refractivity contribution in [3.8, 4) is 5.75 Å². The fourth-order valence-corrected chi connectivity index (χ4v) is 4.48. The molecule has 32 heavy (non-hydrogen) atoms. The molecule has 1 aliphatic carbocycles. The number of ether oxygens (including phenoxy) is 1. The summed E-state index contributed by atoms with van der Waals surface area (Å²) in [7, 11) is 2.99. The van der Waals surface area contributed by atoms with Gasteiger partial charge in [0.15, 0.2) is 5.71 Å². The van der Waals surface area contributed by atoms with Gasteiger partial charge in [-0.2, -0.15) is 0 Å². The first-order valence-electron chi connectivity index (χ1n) is 10.8. The zero-order chi connectivity index (χ0) is 22.6. The van der Waals surface area contributed by atoms with Crippen LogP contribution in [0.5, 0.6) is 5.75 Å². The molecule has 1 aliphatic rings. The Hall–Kier alpha value is -3.60. The van der Waals surface area contributed by atoms with Gasteiger partial charge in [-0.3, -0.25) is 4.79 Å². The minimum Gasteiger partial charge on any atom is -0.489 e. The first-order valence-corrected chi connectivity index (χ1v) is 10.8. The Bertz CT molecular complexity index is 1140. The number of benzene rings is 3. The molecular formula is C27H28N2O3. The van der Waals surface area contributed by atoms with Gasteiger partial charge in [-0.25, -0.2) is 0 Å². The molecule has 5 heteroatoms. The summed E-state index contributed by atoms with van der Waals surface area (Å²) in [6.45, 7) is 2.63. The highest BCUT2D eigenvalue weighted by molar-refractivity contribution is 6.45. The van der Waals surface area contributed by atoms with E-state index in [1.807, 2.05) is 36.4 Å². The molecule has 0 bridgehead atoms. The Morgan fingerprint density at radius 2 is 1.75 bits per heavy atom. The molecule has 1 N–H and O–H groups in total. The van der Waals surface area contributed by atoms with Gasteiger partial charge < -0.3 is 14.9 Å². The van der Waals surface area contributed by atoms with E-state index in [9.17, 15) is 4.79 Å². The standard InChI is InChI=1S/C27H28N2O3/c1-27(17-16-19-8-5-7-11-24(19)27)21-12-14-22(15-13-21)32-18-20-9-4-6-10-23(20)25(29-31-3)26(30)28-2/h4-15H,16-18H2,1-3H3,(H,28,30)/b29-25-. The van der Waals surface area contributed by atoms with Crippen LogP contribution in [0.15, 0.2) is 78.0 Å². The van der Waals surface area contributed by atoms with Crippen molar-refractivity contribution in [1.82, 2.24) is 5.32 Å². The summed E-state index contributed by atoms with van der Waals surface area (Å²) in [6, 6.07) is 24.6. The first-order chi connectivity index (χ1) is 15.6. The lowest BCUT2D eigenvalue weighted by molar-refractivity contribution is -0.114. The van der Waals surface area contributed by atoms with Crippen molar-refractivity contribution in [1.29, 1.82) is 0 Å². The first kappa shape index (κ1) is 21.6. The van der Waals surface area contributed by atoms with E-state index in [-0.39, 0.29) is 17.0 Å². The Kier molecular flexibility index (Phi) is 6.26. The van der Waals surface area contributed by atoms with Gasteiger partial charge in [0.05, 0.1) is 0 Å². The Labute approximate surface area is 189 Å². The number of hydrogen-bond donors (Lipinski definition) is 1. The lowest BCUT2D eigenvalue weighted by atomic mass is 9.77. The smallest absolute Gasteiger partial charge is 0.273 e. The molecule has 164 valence electrons. The van der Waals surface area contributed by atoms with E-state index in [1.165, 1.54) is 23.8 Å². The van der Waals surface area contributed by atoms with Crippen LogP contribution in [-0.2, 0) is 28.1 Å². The quantitative estimate of drug-likeness (QED) is 0.441. The summed E-state index contributed by atoms with van der Waals surface area (Å²) in [5, 5.41) is 6.51. The minimum atomic E-state index is -0.311. The van der Waals surface area contributed by atoms with Gasteiger partial charge in [0, 0.05) is 18.0 Å². The third-order valence-electron chi connectivity index (χ3n) is 6.29. The Balaban J connectivity index is 1.52. The van der Waals surface area contributed by atoms with Gasteiger partial charge in [0.1, 0.15) is 19.5 Å². The van der Waals surface area contributed by atoms with E-state index >= 15 is 0 Å². The molecule has 1 unspecified atom stereocenters. The summed E-state index contributed by atoms with van der Waals surface area (Å²) >= 11 is 0. The molecule has 0 heterocycles. The highest BCUT2D eigenvalue weighted by Crippen LogP contribution is 2.43. The van der Waals surface area contributed by atoms with Gasteiger partial charge in [-0.05, 0) is 47.2 Å². The lowest BCUT2D eigenvalue weighted by Crippen LogP contribution is -2.29. The minimum absolute atomic E-state index is 0.0285. The average molecular weight is 429 g/mol. The summed E-state index contributed by atoms with van der Waals surface area (Å²) < 4.78 is 6.07. The monoisotopic (exact) mass is 428 g/mol. The van der Waals surface area contributed by atoms with Crippen molar-refractivity contribution in [2.45, 2.75) is 31.8 Å². The molecule has 0 fully saturated rings. The summed E-state index contributed by atoms with van der Waals surface area (Å²) in [6.07, 6.45) is 2.22. The maximum atomic E-state index is 12.2. The van der Waals surface area contributed by atoms with E-state index < -0.39 is 0 Å². The molecule has 3 aromatic rings. The molecule has 1 amide bonds. The third-order valence-corrected chi connectivity index (χ3v) is 6.29. The highest BCUT2D eigenvalue weighted by atomic mass is 16.6. The van der Waals surface area contributed by atoms with Crippen LogP contribution in [0.2, 0.25) is 0 Å². The molecule has 0 aromatic heterocycles. The van der Waals surface area contributed by atoms with Gasteiger partial charge in [0.25, 0.3) is 5.91 Å². The van der Waals surface area contributed by atoms with Gasteiger partial charge >= 0.3 is 0 Å². The zero-order valence-corrected chi connectivity index (χ0v) is 18.7. The number of nitrogens with zero attached hydrogens (tertiary/aromatic N) is 1. The average Bonchev–Trinajstić information content (AvgIpc) is 3.19. The molecule has 4 rings (SSSR count). The van der Waals surface area contributed by atoms with Crippen LogP contribution in [0.4, 0.5) is 0 Å². The van der Waals surface area contributed by atoms with E-state index in [1.54, 1.807) is 7.05 Å². The van der Waals surface area contributed by atoms with E-state index in [4.69, 9.17) is 9.57 Å². The SMILES string of the molecule is CNC(=O)/C(=N\OC)c1ccccc1COc1ccc(C2(C)CCc3ccccc32)cc1. The number of oxime groups is 1. The van der Waals surface area contributed by atoms with Crippen LogP contribution < -0.4 is 10.1 Å². The molecule has 0 aliphatic heterocycles. The number of nitrogens with one attached hydrogen (secondary N) is 1. The maximum absolute atomic E-state index is 12.2. The van der Waals surface area contributed by atoms with E-state index in [2.05, 4.69) is 53.8 Å². The van der Waals surface area contributed by atoms with Crippen LogP contribution >= 0.6 is 0 Å². The van der Waals surface area contributed by atoms with Gasteiger partial charge in [-0.15, -0.1) is 0 Å². The number of hydrogen-bond acceptors (Lipinski definition) is 4. The molecule has 5 nitrogen and oxygen atoms in total. The lowest BCUT2D eigenvalue weighted by Gasteiger charge is -2.26. The highest BCUT2D eigenvalue weighted by Gasteiger charge is 2.35. The maximum Gasteiger partial charge on any atom is 0.273 e. The van der Waals surface area contributed by atoms with Crippen LogP contribution in [0.25, 0.3) is 0 Å². The molecule has 0 saturated carbocycles. The van der Waals surface area contributed by atoms with Crippen molar-refractivity contribution in [2.75, 3.05) is 14.2 Å². The van der Waals surface area contributed by atoms with E-state index in [0.29, 0.717) is 12.2 Å². The van der Waals surface area contributed by atoms with Crippen molar-refractivity contribution < 1.29 is 14.4 Å². The number of amides is 1. The van der Waals surface area contributed by atoms with Crippen LogP contribution in [0.1, 0.15) is 41.2 Å². The number of fused-ring (bicyclic) bond motifs is 1. The number of carbonyl (C=O) groups is 1. The molecule has 0 spiro atoms. The molecule has 3 aromatic carbocycles. The topological polar surface area (TPSA) is 59.9 Å². The summed E-state index contributed by atoms with van der Waals surface area (Å²) in [5.41, 5.74) is 5.94. The number of carbonyl (C=O) groups excluding carboxylic acids is 1. The predicted octanol–water partition coefficient (Wildman–Crippen LogP) is 4.61. The Morgan fingerprint density at radius 3 is 2.50 bits per heavy atom. The second-order valence-corrected chi connectivity index (χ2v) is 8.16. The summed E-state index contributed by atoms with van der Waals surface area (Å²) in [4.78, 5) is 17.1. The molecule has 0 radical (unpaired) electrons. The molecule has 1 atom stereocenters. The molecular weight excluding hydrogens is 400 g/mol. The summed E-state index contributed by atoms with van der Waals surface area (Å²) in [5.74, 6) is 0.470. The number of aryl methyl sites for hydroxylation is 1. The largest absolute Gasteiger partial charge is 0.489 e. The Morgan fingerprint density at radius 1 is 1.03 bits per heavy atom. The van der Waals surface area contributed by atoms with E-state index in [0.717, 1.165) is 24.2 Å². The van der Waals surface area contributed by atoms with Crippen LogP contribution in [0.3, 0.4) is 0 Å². The zero-order valence-electron chi connectivity index (χ0n) is 18.7. The van der Waals surface area contributed by atoms with Crippen molar-refractivity contribution in [2.24, 2.45) is 5.16 Å². The van der Waals surface area contributed by atoms with Crippen molar-refractivity contribution >= 4 is 11.6 Å². The second-order valence-electron chi connectivity index (χ2n) is 8.16. The second kappa shape index (κ2) is 9.27. The predicted molar refractivity (Wildman–Crippen MR) is 126 cm³/mol. The van der Waals surface area contributed by atoms with Crippen molar-refractivity contribution in [3.63, 3.8) is 0 Å².